The quantitative estimate of drug-likeness (QED) is 0.874. The van der Waals surface area contributed by atoms with Gasteiger partial charge in [-0.25, -0.2) is 9.78 Å². The Morgan fingerprint density at radius 2 is 2.17 bits per heavy atom. The van der Waals surface area contributed by atoms with E-state index in [0.717, 1.165) is 25.1 Å². The average molecular weight is 248 g/mol. The molecule has 0 saturated carbocycles. The lowest BCUT2D eigenvalue weighted by Crippen LogP contribution is -2.41. The van der Waals surface area contributed by atoms with Gasteiger partial charge in [-0.3, -0.25) is 0 Å². The Morgan fingerprint density at radius 3 is 2.78 bits per heavy atom. The number of hydrogen-bond donors (Lipinski definition) is 1. The molecule has 0 aliphatic carbocycles. The minimum absolute atomic E-state index is 0.307. The monoisotopic (exact) mass is 248 g/mol. The summed E-state index contributed by atoms with van der Waals surface area (Å²) in [6.45, 7) is 7.17. The molecule has 1 saturated heterocycles. The topological polar surface area (TPSA) is 53.4 Å². The number of aromatic nitrogens is 1. The highest BCUT2D eigenvalue weighted by Gasteiger charge is 2.27. The maximum Gasteiger partial charge on any atom is 0.339 e. The van der Waals surface area contributed by atoms with E-state index in [4.69, 9.17) is 0 Å². The first-order valence-electron chi connectivity index (χ1n) is 6.46. The second kappa shape index (κ2) is 4.96. The van der Waals surface area contributed by atoms with Crippen LogP contribution in [0.25, 0.3) is 0 Å². The largest absolute Gasteiger partial charge is 0.478 e. The van der Waals surface area contributed by atoms with Crippen molar-refractivity contribution in [2.45, 2.75) is 39.7 Å². The summed E-state index contributed by atoms with van der Waals surface area (Å²) < 4.78 is 0. The van der Waals surface area contributed by atoms with E-state index < -0.39 is 5.97 Å². The van der Waals surface area contributed by atoms with Gasteiger partial charge >= 0.3 is 5.97 Å². The third kappa shape index (κ3) is 2.47. The van der Waals surface area contributed by atoms with Crippen molar-refractivity contribution in [3.63, 3.8) is 0 Å². The average Bonchev–Trinajstić information content (AvgIpc) is 2.28. The highest BCUT2D eigenvalue weighted by Crippen LogP contribution is 2.29. The van der Waals surface area contributed by atoms with Crippen LogP contribution in [0.1, 0.15) is 42.7 Å². The second-order valence-corrected chi connectivity index (χ2v) is 5.30. The van der Waals surface area contributed by atoms with Crippen LogP contribution in [0.5, 0.6) is 0 Å². The van der Waals surface area contributed by atoms with Crippen molar-refractivity contribution in [1.82, 2.24) is 4.98 Å². The Morgan fingerprint density at radius 1 is 1.44 bits per heavy atom. The van der Waals surface area contributed by atoms with Gasteiger partial charge < -0.3 is 10.0 Å². The number of rotatable bonds is 2. The molecule has 1 fully saturated rings. The third-order valence-electron chi connectivity index (χ3n) is 3.66. The van der Waals surface area contributed by atoms with E-state index in [1.54, 1.807) is 12.1 Å². The first-order chi connectivity index (χ1) is 8.49. The van der Waals surface area contributed by atoms with Crippen LogP contribution in [0.15, 0.2) is 12.1 Å². The molecule has 0 bridgehead atoms. The molecule has 2 unspecified atom stereocenters. The highest BCUT2D eigenvalue weighted by molar-refractivity contribution is 5.93. The van der Waals surface area contributed by atoms with Crippen LogP contribution in [-0.4, -0.2) is 28.6 Å². The molecule has 1 N–H and O–H groups in total. The summed E-state index contributed by atoms with van der Waals surface area (Å²) in [6, 6.07) is 3.76. The number of nitrogens with zero attached hydrogens (tertiary/aromatic N) is 2. The molecule has 0 radical (unpaired) electrons. The maximum atomic E-state index is 11.3. The van der Waals surface area contributed by atoms with Crippen LogP contribution < -0.4 is 4.90 Å². The van der Waals surface area contributed by atoms with Crippen LogP contribution in [0.2, 0.25) is 0 Å². The normalized spacial score (nSPS) is 24.1. The number of carboxylic acid groups (broad SMARTS) is 1. The van der Waals surface area contributed by atoms with Gasteiger partial charge in [-0.1, -0.05) is 6.92 Å². The zero-order chi connectivity index (χ0) is 13.3. The molecular weight excluding hydrogens is 228 g/mol. The molecule has 18 heavy (non-hydrogen) atoms. The van der Waals surface area contributed by atoms with Crippen molar-refractivity contribution in [3.05, 3.63) is 23.4 Å². The Labute approximate surface area is 108 Å². The third-order valence-corrected chi connectivity index (χ3v) is 3.66. The molecular formula is C14H20N2O2. The van der Waals surface area contributed by atoms with Crippen LogP contribution >= 0.6 is 0 Å². The van der Waals surface area contributed by atoms with E-state index in [1.807, 2.05) is 6.92 Å². The number of piperidine rings is 1. The molecule has 2 rings (SSSR count). The summed E-state index contributed by atoms with van der Waals surface area (Å²) in [5.41, 5.74) is 1.17. The molecule has 98 valence electrons. The van der Waals surface area contributed by atoms with Crippen molar-refractivity contribution in [3.8, 4) is 0 Å². The standard InChI is InChI=1S/C14H20N2O2/c1-9-6-7-16(11(3)8-9)13-12(14(17)18)5-4-10(2)15-13/h4-5,9,11H,6-8H2,1-3H3,(H,17,18). The van der Waals surface area contributed by atoms with E-state index in [0.29, 0.717) is 23.3 Å². The molecule has 2 atom stereocenters. The Hall–Kier alpha value is -1.58. The highest BCUT2D eigenvalue weighted by atomic mass is 16.4. The van der Waals surface area contributed by atoms with Crippen molar-refractivity contribution in [2.75, 3.05) is 11.4 Å². The zero-order valence-electron chi connectivity index (χ0n) is 11.2. The van der Waals surface area contributed by atoms with E-state index >= 15 is 0 Å². The molecule has 1 aliphatic heterocycles. The number of carboxylic acids is 1. The van der Waals surface area contributed by atoms with Gasteiger partial charge in [0.15, 0.2) is 0 Å². The fourth-order valence-electron chi connectivity index (χ4n) is 2.65. The molecule has 0 aromatic carbocycles. The number of anilines is 1. The summed E-state index contributed by atoms with van der Waals surface area (Å²) in [5.74, 6) is 0.430. The Balaban J connectivity index is 2.37. The lowest BCUT2D eigenvalue weighted by atomic mass is 9.93. The van der Waals surface area contributed by atoms with Crippen molar-refractivity contribution >= 4 is 11.8 Å². The minimum Gasteiger partial charge on any atom is -0.478 e. The van der Waals surface area contributed by atoms with Crippen molar-refractivity contribution < 1.29 is 9.90 Å². The van der Waals surface area contributed by atoms with E-state index in [2.05, 4.69) is 23.7 Å². The number of pyridine rings is 1. The van der Waals surface area contributed by atoms with Gasteiger partial charge in [0.1, 0.15) is 11.4 Å². The van der Waals surface area contributed by atoms with Gasteiger partial charge in [0.05, 0.1) is 0 Å². The van der Waals surface area contributed by atoms with Gasteiger partial charge in [-0.2, -0.15) is 0 Å². The minimum atomic E-state index is -0.900. The lowest BCUT2D eigenvalue weighted by molar-refractivity contribution is 0.0697. The van der Waals surface area contributed by atoms with Gasteiger partial charge in [-0.05, 0) is 44.7 Å². The van der Waals surface area contributed by atoms with Crippen LogP contribution in [0, 0.1) is 12.8 Å². The molecule has 1 aromatic rings. The number of hydrogen-bond acceptors (Lipinski definition) is 3. The lowest BCUT2D eigenvalue weighted by Gasteiger charge is -2.38. The van der Waals surface area contributed by atoms with E-state index in [9.17, 15) is 9.90 Å². The first kappa shape index (κ1) is 12.9. The molecule has 1 aliphatic rings. The smallest absolute Gasteiger partial charge is 0.339 e. The summed E-state index contributed by atoms with van der Waals surface area (Å²) in [6.07, 6.45) is 2.19. The van der Waals surface area contributed by atoms with Gasteiger partial charge in [0, 0.05) is 18.3 Å². The van der Waals surface area contributed by atoms with Gasteiger partial charge in [0.2, 0.25) is 0 Å². The predicted octanol–water partition coefficient (Wildman–Crippen LogP) is 2.71. The van der Waals surface area contributed by atoms with Crippen LogP contribution in [0.4, 0.5) is 5.82 Å². The zero-order valence-corrected chi connectivity index (χ0v) is 11.2. The second-order valence-electron chi connectivity index (χ2n) is 5.30. The predicted molar refractivity (Wildman–Crippen MR) is 71.1 cm³/mol. The SMILES string of the molecule is Cc1ccc(C(=O)O)c(N2CCC(C)CC2C)n1. The Bertz CT molecular complexity index is 459. The maximum absolute atomic E-state index is 11.3. The summed E-state index contributed by atoms with van der Waals surface area (Å²) in [7, 11) is 0. The fraction of sp³-hybridized carbons (Fsp3) is 0.571. The molecule has 4 heteroatoms. The summed E-state index contributed by atoms with van der Waals surface area (Å²) >= 11 is 0. The summed E-state index contributed by atoms with van der Waals surface area (Å²) in [5, 5.41) is 9.26. The Kier molecular flexibility index (Phi) is 3.55. The van der Waals surface area contributed by atoms with Crippen molar-refractivity contribution in [2.24, 2.45) is 5.92 Å². The number of aromatic carboxylic acids is 1. The molecule has 2 heterocycles. The number of carbonyl (C=O) groups is 1. The fourth-order valence-corrected chi connectivity index (χ4v) is 2.65. The van der Waals surface area contributed by atoms with Gasteiger partial charge in [-0.15, -0.1) is 0 Å². The van der Waals surface area contributed by atoms with E-state index in [1.165, 1.54) is 0 Å². The van der Waals surface area contributed by atoms with Crippen LogP contribution in [-0.2, 0) is 0 Å². The van der Waals surface area contributed by atoms with Crippen molar-refractivity contribution in [1.29, 1.82) is 0 Å². The van der Waals surface area contributed by atoms with Gasteiger partial charge in [0.25, 0.3) is 0 Å². The molecule has 0 spiro atoms. The van der Waals surface area contributed by atoms with Crippen LogP contribution in [0.3, 0.4) is 0 Å². The molecule has 0 amide bonds. The molecule has 1 aromatic heterocycles. The number of aryl methyl sites for hydroxylation is 1. The van der Waals surface area contributed by atoms with E-state index in [-0.39, 0.29) is 0 Å². The summed E-state index contributed by atoms with van der Waals surface area (Å²) in [4.78, 5) is 17.9. The molecule has 4 nitrogen and oxygen atoms in total. The first-order valence-corrected chi connectivity index (χ1v) is 6.46.